The highest BCUT2D eigenvalue weighted by Crippen LogP contribution is 2.36. The Morgan fingerprint density at radius 2 is 1.75 bits per heavy atom. The second-order valence-electron chi connectivity index (χ2n) is 9.90. The van der Waals surface area contributed by atoms with Crippen LogP contribution >= 0.6 is 0 Å². The van der Waals surface area contributed by atoms with Gasteiger partial charge < -0.3 is 25.9 Å². The van der Waals surface area contributed by atoms with Crippen molar-refractivity contribution in [2.75, 3.05) is 13.2 Å². The van der Waals surface area contributed by atoms with Crippen LogP contribution in [0.15, 0.2) is 18.2 Å². The normalized spacial score (nSPS) is 18.8. The Labute approximate surface area is 214 Å². The van der Waals surface area contributed by atoms with Gasteiger partial charge in [0, 0.05) is 28.2 Å². The smallest absolute Gasteiger partial charge is 0.303 e. The zero-order valence-corrected chi connectivity index (χ0v) is 20.9. The van der Waals surface area contributed by atoms with Crippen molar-refractivity contribution in [1.82, 2.24) is 0 Å². The molecule has 0 aromatic heterocycles. The van der Waals surface area contributed by atoms with Gasteiger partial charge in [0.25, 0.3) is 0 Å². The number of carboxylic acid groups (broad SMARTS) is 1. The molecule has 0 heterocycles. The van der Waals surface area contributed by atoms with Crippen molar-refractivity contribution in [3.05, 3.63) is 29.3 Å². The number of carbonyl (C=O) groups is 4. The first kappa shape index (κ1) is 31.4. The van der Waals surface area contributed by atoms with Crippen LogP contribution in [-0.2, 0) is 20.8 Å². The Bertz CT molecular complexity index is 901. The quantitative estimate of drug-likeness (QED) is 0.326. The van der Waals surface area contributed by atoms with E-state index in [0.717, 1.165) is 18.4 Å². The Kier molecular flexibility index (Phi) is 13.5. The first-order valence-electron chi connectivity index (χ1n) is 12.5. The molecule has 3 rings (SSSR count). The number of hydrogen-bond acceptors (Lipinski definition) is 7. The summed E-state index contributed by atoms with van der Waals surface area (Å²) in [7, 11) is 0. The van der Waals surface area contributed by atoms with Crippen molar-refractivity contribution in [1.29, 1.82) is 0 Å². The number of aromatic hydroxyl groups is 1. The molecule has 3 atom stereocenters. The Balaban J connectivity index is 0. The molecule has 2 aliphatic carbocycles. The zero-order valence-electron chi connectivity index (χ0n) is 20.9. The maximum absolute atomic E-state index is 12.4. The lowest BCUT2D eigenvalue weighted by atomic mass is 9.73. The van der Waals surface area contributed by atoms with Crippen molar-refractivity contribution >= 4 is 23.3 Å². The summed E-state index contributed by atoms with van der Waals surface area (Å²) in [5, 5.41) is 37.3. The third-order valence-electron chi connectivity index (χ3n) is 7.07. The van der Waals surface area contributed by atoms with Gasteiger partial charge in [-0.25, -0.2) is 0 Å². The number of Topliss-reactive ketones (excluding diaryl/α,β-unsaturated/α-hetero) is 3. The second-order valence-corrected chi connectivity index (χ2v) is 9.90. The highest BCUT2D eigenvalue weighted by atomic mass is 16.4. The monoisotopic (exact) mass is 512 g/mol. The standard InChI is InChI=1S/C20H26O6.C7H12O2.H2O.2H2/c1-12(23)7-18(25)16(11-22)14(5-6-21)8-13-9-15-3-2-4-17(24)20(15)19(26)10-13;8-7(9)5-6-3-1-2-4-6;;;/h2-4,13-14,16,21-22,24H,5-11H2,1H3;6H,1-5H2,(H,8,9);1H2;2*1H. The molecule has 1 saturated carbocycles. The molecule has 0 spiro atoms. The molecule has 2 aliphatic rings. The predicted octanol–water partition coefficient (Wildman–Crippen LogP) is 3.00. The van der Waals surface area contributed by atoms with Crippen LogP contribution in [-0.4, -0.2) is 62.4 Å². The minimum absolute atomic E-state index is 0. The fourth-order valence-electron chi connectivity index (χ4n) is 5.42. The molecular weight excluding hydrogens is 468 g/mol. The largest absolute Gasteiger partial charge is 0.507 e. The second kappa shape index (κ2) is 15.5. The van der Waals surface area contributed by atoms with Crippen molar-refractivity contribution in [2.24, 2.45) is 23.7 Å². The van der Waals surface area contributed by atoms with E-state index < -0.39 is 11.9 Å². The number of carbonyl (C=O) groups excluding carboxylic acids is 3. The maximum atomic E-state index is 12.4. The molecule has 0 aliphatic heterocycles. The summed E-state index contributed by atoms with van der Waals surface area (Å²) in [6, 6.07) is 5.00. The molecule has 0 bridgehead atoms. The minimum atomic E-state index is -0.716. The third-order valence-corrected chi connectivity index (χ3v) is 7.07. The summed E-state index contributed by atoms with van der Waals surface area (Å²) in [5.74, 6) is -1.92. The van der Waals surface area contributed by atoms with E-state index in [2.05, 4.69) is 0 Å². The molecule has 6 N–H and O–H groups in total. The van der Waals surface area contributed by atoms with Gasteiger partial charge in [0.15, 0.2) is 5.78 Å². The van der Waals surface area contributed by atoms with Crippen molar-refractivity contribution in [3.8, 4) is 5.75 Å². The highest BCUT2D eigenvalue weighted by molar-refractivity contribution is 6.01. The van der Waals surface area contributed by atoms with Crippen LogP contribution < -0.4 is 0 Å². The molecule has 36 heavy (non-hydrogen) atoms. The van der Waals surface area contributed by atoms with Gasteiger partial charge in [-0.3, -0.25) is 19.2 Å². The van der Waals surface area contributed by atoms with E-state index in [4.69, 9.17) is 5.11 Å². The lowest BCUT2D eigenvalue weighted by Crippen LogP contribution is -2.32. The predicted molar refractivity (Wildman–Crippen MR) is 137 cm³/mol. The van der Waals surface area contributed by atoms with Crippen molar-refractivity contribution in [2.45, 2.75) is 71.1 Å². The zero-order chi connectivity index (χ0) is 26.0. The molecule has 206 valence electrons. The average molecular weight is 513 g/mol. The van der Waals surface area contributed by atoms with E-state index in [1.54, 1.807) is 6.07 Å². The number of carboxylic acids is 1. The third kappa shape index (κ3) is 9.44. The summed E-state index contributed by atoms with van der Waals surface area (Å²) in [4.78, 5) is 46.1. The molecule has 9 nitrogen and oxygen atoms in total. The van der Waals surface area contributed by atoms with Crippen LogP contribution in [0.5, 0.6) is 5.75 Å². The van der Waals surface area contributed by atoms with E-state index in [1.807, 2.05) is 6.07 Å². The van der Waals surface area contributed by atoms with Gasteiger partial charge in [0.2, 0.25) is 0 Å². The summed E-state index contributed by atoms with van der Waals surface area (Å²) in [5.41, 5.74) is 1.15. The number of rotatable bonds is 11. The van der Waals surface area contributed by atoms with Gasteiger partial charge in [-0.2, -0.15) is 0 Å². The summed E-state index contributed by atoms with van der Waals surface area (Å²) in [6.45, 7) is 0.817. The van der Waals surface area contributed by atoms with Crippen molar-refractivity contribution < 1.29 is 47.9 Å². The first-order chi connectivity index (χ1) is 16.7. The lowest BCUT2D eigenvalue weighted by Gasteiger charge is -2.30. The highest BCUT2D eigenvalue weighted by Gasteiger charge is 2.33. The fraction of sp³-hybridized carbons (Fsp3) is 0.630. The lowest BCUT2D eigenvalue weighted by molar-refractivity contribution is -0.138. The summed E-state index contributed by atoms with van der Waals surface area (Å²) in [6.07, 6.45) is 6.56. The molecule has 1 aromatic rings. The van der Waals surface area contributed by atoms with E-state index in [-0.39, 0.29) is 69.3 Å². The van der Waals surface area contributed by atoms with Crippen LogP contribution in [0.25, 0.3) is 0 Å². The Morgan fingerprint density at radius 1 is 1.08 bits per heavy atom. The molecule has 3 unspecified atom stereocenters. The van der Waals surface area contributed by atoms with Crippen LogP contribution in [0.4, 0.5) is 0 Å². The molecule has 0 amide bonds. The molecule has 0 saturated heterocycles. The van der Waals surface area contributed by atoms with Gasteiger partial charge in [-0.05, 0) is 68.4 Å². The van der Waals surface area contributed by atoms with Crippen LogP contribution in [0.1, 0.15) is 83.5 Å². The number of hydrogen-bond donors (Lipinski definition) is 4. The number of phenolic OH excluding ortho intramolecular Hbond substituents is 1. The van der Waals surface area contributed by atoms with Crippen molar-refractivity contribution in [3.63, 3.8) is 0 Å². The Hall–Kier alpha value is -2.62. The van der Waals surface area contributed by atoms with E-state index >= 15 is 0 Å². The van der Waals surface area contributed by atoms with E-state index in [1.165, 1.54) is 25.8 Å². The SMILES string of the molecule is CC(=O)CC(=O)C(CO)C(CCO)CC1CC(=O)c2c(O)cccc2C1.O.O=C(O)CC1CCCC1.[HH].[HH]. The molecule has 9 heteroatoms. The van der Waals surface area contributed by atoms with Gasteiger partial charge in [-0.15, -0.1) is 0 Å². The van der Waals surface area contributed by atoms with E-state index in [0.29, 0.717) is 37.2 Å². The number of aliphatic hydroxyl groups excluding tert-OH is 2. The average Bonchev–Trinajstić information content (AvgIpc) is 3.26. The van der Waals surface area contributed by atoms with Crippen LogP contribution in [0, 0.1) is 23.7 Å². The van der Waals surface area contributed by atoms with E-state index in [9.17, 15) is 34.5 Å². The maximum Gasteiger partial charge on any atom is 0.303 e. The summed E-state index contributed by atoms with van der Waals surface area (Å²) >= 11 is 0. The summed E-state index contributed by atoms with van der Waals surface area (Å²) < 4.78 is 0. The molecule has 1 fully saturated rings. The molecular formula is C27H44O9. The number of fused-ring (bicyclic) bond motifs is 1. The number of ketones is 3. The van der Waals surface area contributed by atoms with Gasteiger partial charge in [0.05, 0.1) is 18.6 Å². The number of aliphatic hydroxyl groups is 2. The van der Waals surface area contributed by atoms with Crippen LogP contribution in [0.2, 0.25) is 0 Å². The van der Waals surface area contributed by atoms with Gasteiger partial charge >= 0.3 is 5.97 Å². The minimum Gasteiger partial charge on any atom is -0.507 e. The Morgan fingerprint density at radius 3 is 2.31 bits per heavy atom. The topological polar surface area (TPSA) is 181 Å². The first-order valence-corrected chi connectivity index (χ1v) is 12.5. The van der Waals surface area contributed by atoms with Crippen LogP contribution in [0.3, 0.4) is 0 Å². The number of aliphatic carboxylic acids is 1. The van der Waals surface area contributed by atoms with Gasteiger partial charge in [-0.1, -0.05) is 25.0 Å². The molecule has 1 aromatic carbocycles. The fourth-order valence-corrected chi connectivity index (χ4v) is 5.42. The molecule has 0 radical (unpaired) electrons. The number of benzene rings is 1. The number of phenols is 1. The van der Waals surface area contributed by atoms with Gasteiger partial charge in [0.1, 0.15) is 17.3 Å².